The second-order valence-electron chi connectivity index (χ2n) is 6.15. The minimum Gasteiger partial charge on any atom is -0.353 e. The number of nitrogens with one attached hydrogen (secondary N) is 1. The van der Waals surface area contributed by atoms with E-state index in [1.54, 1.807) is 0 Å². The van der Waals surface area contributed by atoms with Crippen LogP contribution in [0.5, 0.6) is 0 Å². The van der Waals surface area contributed by atoms with Crippen LogP contribution < -0.4 is 5.32 Å². The smallest absolute Gasteiger partial charge is 0.0680 e. The van der Waals surface area contributed by atoms with E-state index >= 15 is 0 Å². The summed E-state index contributed by atoms with van der Waals surface area (Å²) in [7, 11) is 0. The second kappa shape index (κ2) is 6.72. The van der Waals surface area contributed by atoms with Crippen molar-refractivity contribution in [1.82, 2.24) is 0 Å². The molecule has 5 heteroatoms. The van der Waals surface area contributed by atoms with Crippen molar-refractivity contribution in [3.05, 3.63) is 55.9 Å². The highest BCUT2D eigenvalue weighted by Crippen LogP contribution is 2.45. The van der Waals surface area contributed by atoms with E-state index in [4.69, 9.17) is 0 Å². The van der Waals surface area contributed by atoms with E-state index in [-0.39, 0.29) is 0 Å². The Morgan fingerprint density at radius 2 is 1.00 bits per heavy atom. The molecule has 0 aromatic carbocycles. The van der Waals surface area contributed by atoms with Gasteiger partial charge in [0.15, 0.2) is 0 Å². The highest BCUT2D eigenvalue weighted by Gasteiger charge is 2.16. The molecule has 0 aliphatic carbocycles. The van der Waals surface area contributed by atoms with Gasteiger partial charge in [-0.1, -0.05) is 0 Å². The molecule has 0 atom stereocenters. The van der Waals surface area contributed by atoms with Crippen molar-refractivity contribution in [2.24, 2.45) is 0 Å². The minimum absolute atomic E-state index is 1.22. The van der Waals surface area contributed by atoms with Crippen LogP contribution in [0.1, 0.15) is 19.5 Å². The molecule has 0 radical (unpaired) electrons. The Morgan fingerprint density at radius 3 is 1.36 bits per heavy atom. The Balaban J connectivity index is 1.75. The quantitative estimate of drug-likeness (QED) is 0.363. The molecule has 0 bridgehead atoms. The van der Waals surface area contributed by atoms with Crippen LogP contribution in [0.2, 0.25) is 0 Å². The lowest BCUT2D eigenvalue weighted by molar-refractivity contribution is 1.57. The fourth-order valence-electron chi connectivity index (χ4n) is 2.84. The van der Waals surface area contributed by atoms with Gasteiger partial charge < -0.3 is 5.32 Å². The minimum atomic E-state index is 1.22. The number of hydrogen-bond acceptors (Lipinski definition) is 5. The first-order chi connectivity index (χ1) is 12.0. The zero-order valence-electron chi connectivity index (χ0n) is 14.6. The number of hydrogen-bond donors (Lipinski definition) is 1. The third-order valence-electron chi connectivity index (χ3n) is 3.91. The van der Waals surface area contributed by atoms with Gasteiger partial charge in [-0.3, -0.25) is 0 Å². The van der Waals surface area contributed by atoms with E-state index in [9.17, 15) is 0 Å². The van der Waals surface area contributed by atoms with E-state index < -0.39 is 0 Å². The molecule has 0 amide bonds. The zero-order chi connectivity index (χ0) is 17.6. The fourth-order valence-corrected chi connectivity index (χ4v) is 6.76. The number of thiophene rings is 4. The molecular formula is C20H19NS4. The zero-order valence-corrected chi connectivity index (χ0v) is 17.9. The number of anilines is 2. The molecule has 4 heterocycles. The summed E-state index contributed by atoms with van der Waals surface area (Å²) >= 11 is 7.46. The average Bonchev–Trinajstić information content (AvgIpc) is 3.29. The Kier molecular flexibility index (Phi) is 4.58. The van der Waals surface area contributed by atoms with Gasteiger partial charge in [-0.05, 0) is 64.1 Å². The predicted octanol–water partition coefficient (Wildman–Crippen LogP) is 8.24. The van der Waals surface area contributed by atoms with Crippen molar-refractivity contribution in [1.29, 1.82) is 0 Å². The summed E-state index contributed by atoms with van der Waals surface area (Å²) in [4.78, 5) is 10.8. The van der Waals surface area contributed by atoms with Crippen molar-refractivity contribution < 1.29 is 0 Å². The normalized spacial score (nSPS) is 11.2. The summed E-state index contributed by atoms with van der Waals surface area (Å²) in [6, 6.07) is 13.4. The third kappa shape index (κ3) is 3.47. The van der Waals surface area contributed by atoms with Crippen LogP contribution in [-0.4, -0.2) is 0 Å². The second-order valence-corrected chi connectivity index (χ2v) is 11.2. The van der Waals surface area contributed by atoms with Gasteiger partial charge in [0.25, 0.3) is 0 Å². The monoisotopic (exact) mass is 401 g/mol. The first-order valence-corrected chi connectivity index (χ1v) is 11.4. The standard InChI is InChI=1S/C20H19NS4/c1-11-5-7-17(22-11)19-15(9-13(3)24-19)21-16-10-14(4)25-20(16)18-8-6-12(2)23-18/h5-10,21H,1-4H3. The van der Waals surface area contributed by atoms with Gasteiger partial charge >= 0.3 is 0 Å². The Bertz CT molecular complexity index is 946. The van der Waals surface area contributed by atoms with Crippen molar-refractivity contribution >= 4 is 56.7 Å². The van der Waals surface area contributed by atoms with Crippen LogP contribution >= 0.6 is 45.3 Å². The van der Waals surface area contributed by atoms with Gasteiger partial charge in [-0.2, -0.15) is 0 Å². The fraction of sp³-hybridized carbons (Fsp3) is 0.200. The van der Waals surface area contributed by atoms with Gasteiger partial charge in [-0.15, -0.1) is 45.3 Å². The third-order valence-corrected chi connectivity index (χ3v) is 8.37. The van der Waals surface area contributed by atoms with Crippen LogP contribution in [0.25, 0.3) is 19.5 Å². The summed E-state index contributed by atoms with van der Waals surface area (Å²) < 4.78 is 0. The van der Waals surface area contributed by atoms with Crippen molar-refractivity contribution in [3.8, 4) is 19.5 Å². The predicted molar refractivity (Wildman–Crippen MR) is 117 cm³/mol. The molecule has 0 aliphatic heterocycles. The molecule has 128 valence electrons. The Hall–Kier alpha value is -1.40. The maximum atomic E-state index is 3.73. The van der Waals surface area contributed by atoms with Crippen LogP contribution in [0.15, 0.2) is 36.4 Å². The summed E-state index contributed by atoms with van der Waals surface area (Å²) in [6.45, 7) is 8.70. The van der Waals surface area contributed by atoms with Gasteiger partial charge in [0, 0.05) is 29.3 Å². The van der Waals surface area contributed by atoms with Crippen molar-refractivity contribution in [2.45, 2.75) is 27.7 Å². The SMILES string of the molecule is Cc1ccc(-c2sc(C)cc2Nc2cc(C)sc2-c2ccc(C)s2)s1. The first-order valence-electron chi connectivity index (χ1n) is 8.11. The van der Waals surface area contributed by atoms with Gasteiger partial charge in [0.2, 0.25) is 0 Å². The molecule has 25 heavy (non-hydrogen) atoms. The molecule has 0 saturated heterocycles. The summed E-state index contributed by atoms with van der Waals surface area (Å²) in [5, 5.41) is 3.73. The van der Waals surface area contributed by atoms with Crippen molar-refractivity contribution in [3.63, 3.8) is 0 Å². The average molecular weight is 402 g/mol. The maximum Gasteiger partial charge on any atom is 0.0680 e. The molecular weight excluding hydrogens is 382 g/mol. The number of aryl methyl sites for hydroxylation is 4. The molecule has 1 nitrogen and oxygen atoms in total. The maximum absolute atomic E-state index is 3.73. The van der Waals surface area contributed by atoms with Gasteiger partial charge in [-0.25, -0.2) is 0 Å². The van der Waals surface area contributed by atoms with E-state index in [1.165, 1.54) is 50.4 Å². The van der Waals surface area contributed by atoms with Crippen LogP contribution in [-0.2, 0) is 0 Å². The van der Waals surface area contributed by atoms with E-state index in [0.717, 1.165) is 0 Å². The molecule has 0 aliphatic rings. The lowest BCUT2D eigenvalue weighted by Crippen LogP contribution is -1.89. The lowest BCUT2D eigenvalue weighted by atomic mass is 10.2. The number of rotatable bonds is 4. The molecule has 0 fully saturated rings. The summed E-state index contributed by atoms with van der Waals surface area (Å²) in [5.41, 5.74) is 2.44. The molecule has 4 aromatic rings. The molecule has 4 rings (SSSR count). The van der Waals surface area contributed by atoms with Crippen LogP contribution in [0.4, 0.5) is 11.4 Å². The van der Waals surface area contributed by atoms with Crippen molar-refractivity contribution in [2.75, 3.05) is 5.32 Å². The molecule has 0 unspecified atom stereocenters. The molecule has 1 N–H and O–H groups in total. The Morgan fingerprint density at radius 1 is 0.560 bits per heavy atom. The first kappa shape index (κ1) is 17.0. The largest absolute Gasteiger partial charge is 0.353 e. The summed E-state index contributed by atoms with van der Waals surface area (Å²) in [6.07, 6.45) is 0. The molecule has 4 aromatic heterocycles. The van der Waals surface area contributed by atoms with Crippen LogP contribution in [0, 0.1) is 27.7 Å². The van der Waals surface area contributed by atoms with Gasteiger partial charge in [0.05, 0.1) is 21.1 Å². The van der Waals surface area contributed by atoms with E-state index in [1.807, 2.05) is 45.3 Å². The highest BCUT2D eigenvalue weighted by atomic mass is 32.1. The van der Waals surface area contributed by atoms with Crippen LogP contribution in [0.3, 0.4) is 0 Å². The van der Waals surface area contributed by atoms with E-state index in [2.05, 4.69) is 69.4 Å². The van der Waals surface area contributed by atoms with E-state index in [0.29, 0.717) is 0 Å². The molecule has 0 spiro atoms. The summed E-state index contributed by atoms with van der Waals surface area (Å²) in [5.74, 6) is 0. The Labute approximate surface area is 164 Å². The molecule has 0 saturated carbocycles. The van der Waals surface area contributed by atoms with Gasteiger partial charge in [0.1, 0.15) is 0 Å². The highest BCUT2D eigenvalue weighted by molar-refractivity contribution is 7.23. The topological polar surface area (TPSA) is 12.0 Å². The lowest BCUT2D eigenvalue weighted by Gasteiger charge is -2.07.